The number of thioether (sulfide) groups is 1. The Hall–Kier alpha value is -2.73. The third-order valence-electron chi connectivity index (χ3n) is 4.11. The number of amidine groups is 1. The van der Waals surface area contributed by atoms with Crippen molar-refractivity contribution in [2.45, 2.75) is 0 Å². The molecule has 4 rings (SSSR count). The van der Waals surface area contributed by atoms with Crippen molar-refractivity contribution in [2.75, 3.05) is 24.6 Å². The summed E-state index contributed by atoms with van der Waals surface area (Å²) in [6.07, 6.45) is 1.82. The quantitative estimate of drug-likeness (QED) is 0.795. The predicted octanol–water partition coefficient (Wildman–Crippen LogP) is 3.40. The molecule has 0 aliphatic carbocycles. The molecule has 2 aromatic carbocycles. The van der Waals surface area contributed by atoms with Crippen LogP contribution in [0.15, 0.2) is 65.3 Å². The molecular formula is C19H17N3O2S. The maximum absolute atomic E-state index is 12.7. The first-order valence-corrected chi connectivity index (χ1v) is 8.92. The zero-order valence-electron chi connectivity index (χ0n) is 13.8. The Labute approximate surface area is 150 Å². The second-order valence-corrected chi connectivity index (χ2v) is 6.63. The first-order chi connectivity index (χ1) is 12.2. The molecule has 2 heterocycles. The van der Waals surface area contributed by atoms with E-state index in [0.717, 1.165) is 28.0 Å². The fourth-order valence-electron chi connectivity index (χ4n) is 2.77. The minimum absolute atomic E-state index is 0.0565. The average molecular weight is 351 g/mol. The number of benzene rings is 2. The molecule has 25 heavy (non-hydrogen) atoms. The summed E-state index contributed by atoms with van der Waals surface area (Å²) >= 11 is 1.58. The molecule has 2 aliphatic heterocycles. The number of rotatable bonds is 3. The Kier molecular flexibility index (Phi) is 4.19. The van der Waals surface area contributed by atoms with E-state index >= 15 is 0 Å². The van der Waals surface area contributed by atoms with Crippen molar-refractivity contribution in [3.63, 3.8) is 0 Å². The smallest absolute Gasteiger partial charge is 0.280 e. The third kappa shape index (κ3) is 3.13. The molecule has 0 N–H and O–H groups in total. The van der Waals surface area contributed by atoms with Crippen LogP contribution in [0.1, 0.15) is 5.56 Å². The highest BCUT2D eigenvalue weighted by Crippen LogP contribution is 2.30. The Balaban J connectivity index is 1.54. The number of carbonyl (C=O) groups is 1. The lowest BCUT2D eigenvalue weighted by Crippen LogP contribution is -2.46. The van der Waals surface area contributed by atoms with E-state index < -0.39 is 0 Å². The third-order valence-corrected chi connectivity index (χ3v) is 5.12. The van der Waals surface area contributed by atoms with Crippen molar-refractivity contribution in [3.8, 4) is 5.75 Å². The summed E-state index contributed by atoms with van der Waals surface area (Å²) in [4.78, 5) is 21.1. The van der Waals surface area contributed by atoms with Crippen LogP contribution in [0.2, 0.25) is 0 Å². The van der Waals surface area contributed by atoms with E-state index in [9.17, 15) is 4.79 Å². The summed E-state index contributed by atoms with van der Waals surface area (Å²) in [7, 11) is 1.63. The number of carbonyl (C=O) groups excluding carboxylic acids is 1. The zero-order valence-corrected chi connectivity index (χ0v) is 14.6. The van der Waals surface area contributed by atoms with Gasteiger partial charge in [-0.15, -0.1) is 0 Å². The number of anilines is 1. The van der Waals surface area contributed by atoms with E-state index in [1.54, 1.807) is 23.8 Å². The lowest BCUT2D eigenvalue weighted by Gasteiger charge is -2.34. The standard InChI is InChI=1S/C19H17N3O2S/c1-24-16-9-7-14(8-10-16)11-17-18(23)22-12-21(13-25-19(22)20-17)15-5-3-2-4-6-15/h2-11H,12-13H2,1H3/b17-11-. The van der Waals surface area contributed by atoms with Crippen LogP contribution in [-0.2, 0) is 4.79 Å². The number of nitrogens with zero attached hydrogens (tertiary/aromatic N) is 3. The van der Waals surface area contributed by atoms with Crippen molar-refractivity contribution in [3.05, 3.63) is 65.9 Å². The van der Waals surface area contributed by atoms with Gasteiger partial charge in [0.25, 0.3) is 5.91 Å². The predicted molar refractivity (Wildman–Crippen MR) is 101 cm³/mol. The summed E-state index contributed by atoms with van der Waals surface area (Å²) < 4.78 is 5.16. The minimum atomic E-state index is -0.0565. The van der Waals surface area contributed by atoms with Gasteiger partial charge in [0, 0.05) is 5.69 Å². The second kappa shape index (κ2) is 6.64. The van der Waals surface area contributed by atoms with Crippen molar-refractivity contribution in [1.29, 1.82) is 0 Å². The summed E-state index contributed by atoms with van der Waals surface area (Å²) in [5.41, 5.74) is 2.51. The SMILES string of the molecule is COc1ccc(/C=C2\N=C3SCN(c4ccccc4)CN3C2=O)cc1. The van der Waals surface area contributed by atoms with E-state index in [2.05, 4.69) is 22.0 Å². The van der Waals surface area contributed by atoms with Gasteiger partial charge in [-0.05, 0) is 35.9 Å². The lowest BCUT2D eigenvalue weighted by molar-refractivity contribution is -0.122. The van der Waals surface area contributed by atoms with Crippen molar-refractivity contribution in [2.24, 2.45) is 4.99 Å². The van der Waals surface area contributed by atoms with Crippen LogP contribution in [0.4, 0.5) is 5.69 Å². The van der Waals surface area contributed by atoms with Gasteiger partial charge in [-0.2, -0.15) is 0 Å². The number of amides is 1. The Morgan fingerprint density at radius 3 is 2.60 bits per heavy atom. The van der Waals surface area contributed by atoms with Crippen molar-refractivity contribution < 1.29 is 9.53 Å². The van der Waals surface area contributed by atoms with Gasteiger partial charge in [-0.25, -0.2) is 4.99 Å². The highest BCUT2D eigenvalue weighted by Gasteiger charge is 2.35. The molecule has 126 valence electrons. The first kappa shape index (κ1) is 15.8. The molecule has 1 amide bonds. The number of para-hydroxylation sites is 1. The molecular weight excluding hydrogens is 334 g/mol. The van der Waals surface area contributed by atoms with Gasteiger partial charge in [-0.3, -0.25) is 9.69 Å². The molecule has 1 saturated heterocycles. The number of ether oxygens (including phenoxy) is 1. The van der Waals surface area contributed by atoms with Gasteiger partial charge in [0.05, 0.1) is 13.0 Å². The highest BCUT2D eigenvalue weighted by atomic mass is 32.2. The molecule has 0 bridgehead atoms. The Morgan fingerprint density at radius 2 is 1.88 bits per heavy atom. The molecule has 1 fully saturated rings. The van der Waals surface area contributed by atoms with Gasteiger partial charge in [0.1, 0.15) is 18.1 Å². The molecule has 5 nitrogen and oxygen atoms in total. The largest absolute Gasteiger partial charge is 0.497 e. The fraction of sp³-hybridized carbons (Fsp3) is 0.158. The van der Waals surface area contributed by atoms with Crippen LogP contribution in [0, 0.1) is 0 Å². The van der Waals surface area contributed by atoms with E-state index in [4.69, 9.17) is 4.74 Å². The Morgan fingerprint density at radius 1 is 1.12 bits per heavy atom. The first-order valence-electron chi connectivity index (χ1n) is 7.94. The number of methoxy groups -OCH3 is 1. The molecule has 0 unspecified atom stereocenters. The maximum atomic E-state index is 12.7. The summed E-state index contributed by atoms with van der Waals surface area (Å²) in [5, 5.41) is 0.775. The lowest BCUT2D eigenvalue weighted by atomic mass is 10.2. The fourth-order valence-corrected chi connectivity index (χ4v) is 3.73. The molecule has 2 aliphatic rings. The van der Waals surface area contributed by atoms with Crippen LogP contribution in [0.25, 0.3) is 6.08 Å². The van der Waals surface area contributed by atoms with Crippen molar-refractivity contribution in [1.82, 2.24) is 4.90 Å². The van der Waals surface area contributed by atoms with Crippen LogP contribution in [0.5, 0.6) is 5.75 Å². The van der Waals surface area contributed by atoms with E-state index in [0.29, 0.717) is 12.4 Å². The normalized spacial score (nSPS) is 18.4. The highest BCUT2D eigenvalue weighted by molar-refractivity contribution is 8.14. The van der Waals surface area contributed by atoms with E-state index in [-0.39, 0.29) is 5.91 Å². The van der Waals surface area contributed by atoms with Gasteiger partial charge >= 0.3 is 0 Å². The average Bonchev–Trinajstić information content (AvgIpc) is 2.98. The molecule has 6 heteroatoms. The van der Waals surface area contributed by atoms with Gasteiger partial charge in [0.2, 0.25) is 0 Å². The van der Waals surface area contributed by atoms with Crippen LogP contribution in [-0.4, -0.2) is 35.6 Å². The monoisotopic (exact) mass is 351 g/mol. The number of aliphatic imine (C=N–C) groups is 1. The molecule has 0 spiro atoms. The number of fused-ring (bicyclic) bond motifs is 1. The molecule has 0 atom stereocenters. The van der Waals surface area contributed by atoms with Gasteiger partial charge in [0.15, 0.2) is 5.17 Å². The van der Waals surface area contributed by atoms with E-state index in [1.807, 2.05) is 48.5 Å². The summed E-state index contributed by atoms with van der Waals surface area (Å²) in [6.45, 7) is 0.522. The molecule has 0 aromatic heterocycles. The zero-order chi connectivity index (χ0) is 17.2. The Bertz CT molecular complexity index is 847. The molecule has 0 saturated carbocycles. The van der Waals surface area contributed by atoms with Crippen LogP contribution in [0.3, 0.4) is 0 Å². The maximum Gasteiger partial charge on any atom is 0.280 e. The van der Waals surface area contributed by atoms with Crippen LogP contribution >= 0.6 is 11.8 Å². The summed E-state index contributed by atoms with van der Waals surface area (Å²) in [6, 6.07) is 17.7. The second-order valence-electron chi connectivity index (χ2n) is 5.72. The van der Waals surface area contributed by atoms with E-state index in [1.165, 1.54) is 0 Å². The minimum Gasteiger partial charge on any atom is -0.497 e. The van der Waals surface area contributed by atoms with Crippen molar-refractivity contribution >= 4 is 34.6 Å². The number of hydrogen-bond acceptors (Lipinski definition) is 5. The molecule has 0 radical (unpaired) electrons. The molecule has 2 aromatic rings. The van der Waals surface area contributed by atoms with Gasteiger partial charge < -0.3 is 9.64 Å². The summed E-state index contributed by atoms with van der Waals surface area (Å²) in [5.74, 6) is 1.51. The topological polar surface area (TPSA) is 45.1 Å². The number of hydrogen-bond donors (Lipinski definition) is 0. The van der Waals surface area contributed by atoms with Crippen LogP contribution < -0.4 is 9.64 Å². The van der Waals surface area contributed by atoms with Gasteiger partial charge in [-0.1, -0.05) is 42.1 Å².